The fourth-order valence-electron chi connectivity index (χ4n) is 2.44. The molecule has 0 aliphatic heterocycles. The molecule has 150 valence electrons. The van der Waals surface area contributed by atoms with E-state index >= 15 is 0 Å². The van der Waals surface area contributed by atoms with Gasteiger partial charge in [0, 0.05) is 25.7 Å². The third-order valence-electron chi connectivity index (χ3n) is 4.14. The molecule has 0 spiro atoms. The molecule has 0 bridgehead atoms. The number of anilines is 1. The summed E-state index contributed by atoms with van der Waals surface area (Å²) in [6.45, 7) is 2.49. The molecule has 1 heterocycles. The molecule has 1 aromatic heterocycles. The second-order valence-electron chi connectivity index (χ2n) is 6.17. The van der Waals surface area contributed by atoms with Crippen LogP contribution in [0, 0.1) is 5.92 Å². The first-order chi connectivity index (χ1) is 11.2. The molecule has 0 aromatic carbocycles. The molecular formula is C15H22Cl3F3N4O. The van der Waals surface area contributed by atoms with Crippen molar-refractivity contribution in [3.63, 3.8) is 0 Å². The van der Waals surface area contributed by atoms with Crippen molar-refractivity contribution in [3.8, 4) is 0 Å². The Kier molecular flexibility index (Phi) is 9.46. The third kappa shape index (κ3) is 6.64. The van der Waals surface area contributed by atoms with Crippen LogP contribution in [0.5, 0.6) is 0 Å². The number of amides is 1. The molecule has 0 saturated heterocycles. The van der Waals surface area contributed by atoms with Crippen LogP contribution < -0.4 is 16.4 Å². The maximum Gasteiger partial charge on any atom is 0.417 e. The number of hydrogen-bond donors (Lipinski definition) is 3. The van der Waals surface area contributed by atoms with Gasteiger partial charge in [0.05, 0.1) is 16.1 Å². The molecule has 26 heavy (non-hydrogen) atoms. The van der Waals surface area contributed by atoms with Crippen molar-refractivity contribution in [2.75, 3.05) is 18.4 Å². The minimum absolute atomic E-state index is 0. The first-order valence-electron chi connectivity index (χ1n) is 7.63. The lowest BCUT2D eigenvalue weighted by atomic mass is 9.96. The summed E-state index contributed by atoms with van der Waals surface area (Å²) in [5, 5.41) is 5.55. The van der Waals surface area contributed by atoms with Crippen molar-refractivity contribution >= 4 is 48.1 Å². The van der Waals surface area contributed by atoms with E-state index in [-0.39, 0.29) is 54.5 Å². The van der Waals surface area contributed by atoms with Gasteiger partial charge in [-0.25, -0.2) is 4.98 Å². The lowest BCUT2D eigenvalue weighted by molar-refractivity contribution is -0.137. The van der Waals surface area contributed by atoms with Crippen LogP contribution in [-0.2, 0) is 11.0 Å². The zero-order valence-corrected chi connectivity index (χ0v) is 16.4. The normalized spacial score (nSPS) is 15.9. The van der Waals surface area contributed by atoms with E-state index in [2.05, 4.69) is 15.6 Å². The summed E-state index contributed by atoms with van der Waals surface area (Å²) in [6.07, 6.45) is -1.55. The Hall–Kier alpha value is -0.960. The molecule has 1 fully saturated rings. The number of pyridine rings is 1. The molecule has 1 unspecified atom stereocenters. The third-order valence-corrected chi connectivity index (χ3v) is 4.43. The van der Waals surface area contributed by atoms with Gasteiger partial charge in [-0.2, -0.15) is 13.2 Å². The summed E-state index contributed by atoms with van der Waals surface area (Å²) in [7, 11) is 0. The zero-order valence-electron chi connectivity index (χ0n) is 14.0. The topological polar surface area (TPSA) is 80.0 Å². The van der Waals surface area contributed by atoms with Crippen LogP contribution in [0.1, 0.15) is 31.7 Å². The van der Waals surface area contributed by atoms with Gasteiger partial charge < -0.3 is 16.4 Å². The van der Waals surface area contributed by atoms with Crippen LogP contribution in [0.15, 0.2) is 12.3 Å². The molecule has 5 nitrogen and oxygen atoms in total. The smallest absolute Gasteiger partial charge is 0.368 e. The molecular weight excluding hydrogens is 416 g/mol. The van der Waals surface area contributed by atoms with Gasteiger partial charge >= 0.3 is 6.18 Å². The molecule has 4 N–H and O–H groups in total. The van der Waals surface area contributed by atoms with Crippen LogP contribution in [0.3, 0.4) is 0 Å². The number of nitrogens with two attached hydrogens (primary N) is 1. The molecule has 2 rings (SSSR count). The van der Waals surface area contributed by atoms with Crippen LogP contribution in [0.25, 0.3) is 0 Å². The van der Waals surface area contributed by atoms with Gasteiger partial charge in [-0.1, -0.05) is 11.6 Å². The fraction of sp³-hybridized carbons (Fsp3) is 0.600. The van der Waals surface area contributed by atoms with Crippen LogP contribution in [-0.4, -0.2) is 29.5 Å². The number of hydrogen-bond acceptors (Lipinski definition) is 4. The maximum atomic E-state index is 12.5. The van der Waals surface area contributed by atoms with Crippen LogP contribution >= 0.6 is 36.4 Å². The SMILES string of the molecule is CC(CN)(NC(=O)CCNc1ncc(C(F)(F)F)cc1Cl)C1CC1.Cl.Cl. The van der Waals surface area contributed by atoms with Crippen molar-refractivity contribution in [1.82, 2.24) is 10.3 Å². The van der Waals surface area contributed by atoms with E-state index in [1.807, 2.05) is 6.92 Å². The van der Waals surface area contributed by atoms with Crippen LogP contribution in [0.2, 0.25) is 5.02 Å². The van der Waals surface area contributed by atoms with E-state index < -0.39 is 17.3 Å². The van der Waals surface area contributed by atoms with Gasteiger partial charge in [0.15, 0.2) is 0 Å². The van der Waals surface area contributed by atoms with Gasteiger partial charge in [-0.05, 0) is 31.7 Å². The predicted molar refractivity (Wildman–Crippen MR) is 100 cm³/mol. The number of rotatable bonds is 7. The molecule has 1 aliphatic rings. The summed E-state index contributed by atoms with van der Waals surface area (Å²) < 4.78 is 37.6. The summed E-state index contributed by atoms with van der Waals surface area (Å²) in [5.41, 5.74) is 4.42. The summed E-state index contributed by atoms with van der Waals surface area (Å²) in [4.78, 5) is 15.7. The van der Waals surface area contributed by atoms with E-state index in [9.17, 15) is 18.0 Å². The Balaban J connectivity index is 0.00000312. The van der Waals surface area contributed by atoms with Gasteiger partial charge in [0.2, 0.25) is 5.91 Å². The Morgan fingerprint density at radius 2 is 2.00 bits per heavy atom. The molecule has 11 heteroatoms. The average Bonchev–Trinajstić information content (AvgIpc) is 3.32. The highest BCUT2D eigenvalue weighted by atomic mass is 35.5. The molecule has 1 aromatic rings. The average molecular weight is 438 g/mol. The quantitative estimate of drug-likeness (QED) is 0.608. The maximum absolute atomic E-state index is 12.5. The number of carbonyl (C=O) groups is 1. The number of aromatic nitrogens is 1. The van der Waals surface area contributed by atoms with E-state index in [0.29, 0.717) is 18.7 Å². The van der Waals surface area contributed by atoms with E-state index in [4.69, 9.17) is 17.3 Å². The van der Waals surface area contributed by atoms with Gasteiger partial charge in [0.1, 0.15) is 5.82 Å². The number of nitrogens with zero attached hydrogens (tertiary/aromatic N) is 1. The lowest BCUT2D eigenvalue weighted by Crippen LogP contribution is -2.53. The van der Waals surface area contributed by atoms with Crippen molar-refractivity contribution in [3.05, 3.63) is 22.8 Å². The van der Waals surface area contributed by atoms with E-state index in [1.165, 1.54) is 0 Å². The van der Waals surface area contributed by atoms with Crippen molar-refractivity contribution in [2.24, 2.45) is 11.7 Å². The highest BCUT2D eigenvalue weighted by molar-refractivity contribution is 6.32. The number of carbonyl (C=O) groups excluding carboxylic acids is 1. The predicted octanol–water partition coefficient (Wildman–Crippen LogP) is 3.64. The summed E-state index contributed by atoms with van der Waals surface area (Å²) >= 11 is 5.79. The van der Waals surface area contributed by atoms with Crippen molar-refractivity contribution in [1.29, 1.82) is 0 Å². The van der Waals surface area contributed by atoms with E-state index in [0.717, 1.165) is 18.9 Å². The summed E-state index contributed by atoms with van der Waals surface area (Å²) in [6, 6.07) is 0.801. The highest BCUT2D eigenvalue weighted by Crippen LogP contribution is 2.39. The van der Waals surface area contributed by atoms with E-state index in [1.54, 1.807) is 0 Å². The second-order valence-corrected chi connectivity index (χ2v) is 6.58. The Bertz CT molecular complexity index is 614. The van der Waals surface area contributed by atoms with Crippen molar-refractivity contribution in [2.45, 2.75) is 37.9 Å². The molecule has 1 atom stereocenters. The second kappa shape index (κ2) is 9.82. The van der Waals surface area contributed by atoms with Crippen LogP contribution in [0.4, 0.5) is 19.0 Å². The first kappa shape index (κ1) is 25.0. The number of halogens is 6. The molecule has 1 saturated carbocycles. The number of nitrogens with one attached hydrogen (secondary N) is 2. The molecule has 1 amide bonds. The summed E-state index contributed by atoms with van der Waals surface area (Å²) in [5.74, 6) is 0.345. The largest absolute Gasteiger partial charge is 0.417 e. The van der Waals surface area contributed by atoms with Gasteiger partial charge in [-0.3, -0.25) is 4.79 Å². The fourth-order valence-corrected chi connectivity index (χ4v) is 2.67. The molecule has 0 radical (unpaired) electrons. The highest BCUT2D eigenvalue weighted by Gasteiger charge is 2.41. The first-order valence-corrected chi connectivity index (χ1v) is 8.01. The Morgan fingerprint density at radius 3 is 2.46 bits per heavy atom. The lowest BCUT2D eigenvalue weighted by Gasteiger charge is -2.29. The van der Waals surface area contributed by atoms with Crippen molar-refractivity contribution < 1.29 is 18.0 Å². The monoisotopic (exact) mass is 436 g/mol. The minimum Gasteiger partial charge on any atom is -0.368 e. The molecule has 1 aliphatic carbocycles. The Labute approximate surface area is 167 Å². The van der Waals surface area contributed by atoms with Gasteiger partial charge in [-0.15, -0.1) is 24.8 Å². The zero-order chi connectivity index (χ0) is 18.0. The Morgan fingerprint density at radius 1 is 1.38 bits per heavy atom. The number of alkyl halides is 3. The standard InChI is InChI=1S/C15H20ClF3N4O.2ClH/c1-14(8-20,9-2-3-9)23-12(24)4-5-21-13-11(16)6-10(7-22-13)15(17,18)19;;/h6-7,9H,2-5,8,20H2,1H3,(H,21,22)(H,23,24);2*1H. The minimum atomic E-state index is -4.50. The van der Waals surface area contributed by atoms with Gasteiger partial charge in [0.25, 0.3) is 0 Å².